The molecule has 0 amide bonds. The Morgan fingerprint density at radius 2 is 1.95 bits per heavy atom. The predicted octanol–water partition coefficient (Wildman–Crippen LogP) is 4.50. The van der Waals surface area contributed by atoms with E-state index in [0.29, 0.717) is 10.9 Å². The van der Waals surface area contributed by atoms with Crippen LogP contribution in [0.4, 0.5) is 4.39 Å². The van der Waals surface area contributed by atoms with Crippen LogP contribution in [-0.4, -0.2) is 5.78 Å². The van der Waals surface area contributed by atoms with Gasteiger partial charge >= 0.3 is 0 Å². The van der Waals surface area contributed by atoms with Crippen LogP contribution in [0, 0.1) is 11.7 Å². The fourth-order valence-electron chi connectivity index (χ4n) is 3.03. The monoisotopic (exact) mass is 346 g/mol. The van der Waals surface area contributed by atoms with Crippen LogP contribution in [-0.2, 0) is 24.1 Å². The minimum Gasteiger partial charge on any atom is -0.299 e. The van der Waals surface area contributed by atoms with Gasteiger partial charge in [-0.15, -0.1) is 0 Å². The molecule has 1 atom stereocenters. The quantitative estimate of drug-likeness (QED) is 0.799. The molecular weight excluding hydrogens is 331 g/mol. The third-order valence-electron chi connectivity index (χ3n) is 4.10. The molecule has 0 aliphatic heterocycles. The Morgan fingerprint density at radius 3 is 2.71 bits per heavy atom. The maximum Gasteiger partial charge on any atom is 0.140 e. The molecule has 0 bridgehead atoms. The first-order chi connectivity index (χ1) is 10.1. The molecule has 21 heavy (non-hydrogen) atoms. The van der Waals surface area contributed by atoms with Crippen molar-refractivity contribution in [2.75, 3.05) is 0 Å². The van der Waals surface area contributed by atoms with Gasteiger partial charge in [-0.3, -0.25) is 4.79 Å². The van der Waals surface area contributed by atoms with Gasteiger partial charge in [-0.2, -0.15) is 0 Å². The van der Waals surface area contributed by atoms with Crippen LogP contribution in [0.5, 0.6) is 0 Å². The first-order valence-corrected chi connectivity index (χ1v) is 7.95. The summed E-state index contributed by atoms with van der Waals surface area (Å²) < 4.78 is 14.1. The second-order valence-electron chi connectivity index (χ2n) is 5.63. The molecule has 0 saturated carbocycles. The van der Waals surface area contributed by atoms with Crippen LogP contribution >= 0.6 is 15.9 Å². The zero-order chi connectivity index (χ0) is 14.8. The van der Waals surface area contributed by atoms with Gasteiger partial charge in [-0.25, -0.2) is 4.39 Å². The van der Waals surface area contributed by atoms with Crippen molar-refractivity contribution >= 4 is 21.7 Å². The zero-order valence-electron chi connectivity index (χ0n) is 11.6. The van der Waals surface area contributed by atoms with Gasteiger partial charge in [0.2, 0.25) is 0 Å². The molecule has 0 spiro atoms. The normalized spacial score (nSPS) is 17.3. The van der Waals surface area contributed by atoms with Gasteiger partial charge in [0.05, 0.1) is 0 Å². The minimum atomic E-state index is -0.304. The molecule has 1 nitrogen and oxygen atoms in total. The first kappa shape index (κ1) is 14.5. The van der Waals surface area contributed by atoms with Crippen LogP contribution in [0.2, 0.25) is 0 Å². The number of aryl methyl sites for hydroxylation is 1. The third kappa shape index (κ3) is 3.41. The Morgan fingerprint density at radius 1 is 1.19 bits per heavy atom. The molecule has 1 aliphatic carbocycles. The molecule has 108 valence electrons. The van der Waals surface area contributed by atoms with Crippen LogP contribution in [0.25, 0.3) is 0 Å². The number of ketones is 1. The fraction of sp³-hybridized carbons (Fsp3) is 0.278. The van der Waals surface area contributed by atoms with E-state index in [1.54, 1.807) is 0 Å². The average molecular weight is 347 g/mol. The van der Waals surface area contributed by atoms with E-state index in [9.17, 15) is 9.18 Å². The minimum absolute atomic E-state index is 0.0574. The summed E-state index contributed by atoms with van der Waals surface area (Å²) in [6, 6.07) is 13.0. The van der Waals surface area contributed by atoms with Crippen LogP contribution in [0.15, 0.2) is 46.9 Å². The average Bonchev–Trinajstić information content (AvgIpc) is 2.45. The smallest absolute Gasteiger partial charge is 0.140 e. The van der Waals surface area contributed by atoms with E-state index in [1.165, 1.54) is 23.3 Å². The van der Waals surface area contributed by atoms with Crippen molar-refractivity contribution in [1.29, 1.82) is 0 Å². The predicted molar refractivity (Wildman–Crippen MR) is 84.8 cm³/mol. The number of hydrogen-bond acceptors (Lipinski definition) is 1. The molecule has 0 fully saturated rings. The number of Topliss-reactive ketones (excluding diaryl/α,β-unsaturated/α-hetero) is 1. The molecule has 0 radical (unpaired) electrons. The van der Waals surface area contributed by atoms with Crippen LogP contribution in [0.3, 0.4) is 0 Å². The van der Waals surface area contributed by atoms with Gasteiger partial charge in [-0.1, -0.05) is 40.2 Å². The number of carbonyl (C=O) groups is 1. The summed E-state index contributed by atoms with van der Waals surface area (Å²) in [6.45, 7) is 0. The number of hydrogen-bond donors (Lipinski definition) is 0. The molecule has 0 saturated heterocycles. The summed E-state index contributed by atoms with van der Waals surface area (Å²) in [5, 5.41) is 0. The highest BCUT2D eigenvalue weighted by Gasteiger charge is 2.24. The topological polar surface area (TPSA) is 17.1 Å². The molecular formula is C18H16BrFO. The summed E-state index contributed by atoms with van der Waals surface area (Å²) in [6.07, 6.45) is 2.97. The standard InChI is InChI=1S/C18H16BrFO/c19-16-7-12(8-17(20)11-16)9-18(21)15-6-5-13-3-1-2-4-14(13)10-15/h1-4,7-8,11,15H,5-6,9-10H2. The Hall–Kier alpha value is -1.48. The van der Waals surface area contributed by atoms with Crippen LogP contribution in [0.1, 0.15) is 23.1 Å². The van der Waals surface area contributed by atoms with Crippen molar-refractivity contribution in [3.05, 3.63) is 69.4 Å². The molecule has 3 rings (SSSR count). The highest BCUT2D eigenvalue weighted by atomic mass is 79.9. The van der Waals surface area contributed by atoms with Gasteiger partial charge in [-0.05, 0) is 54.2 Å². The fourth-order valence-corrected chi connectivity index (χ4v) is 3.54. The molecule has 2 aromatic rings. The number of benzene rings is 2. The van der Waals surface area contributed by atoms with E-state index in [1.807, 2.05) is 18.2 Å². The number of fused-ring (bicyclic) bond motifs is 1. The lowest BCUT2D eigenvalue weighted by atomic mass is 9.80. The van der Waals surface area contributed by atoms with E-state index >= 15 is 0 Å². The lowest BCUT2D eigenvalue weighted by Crippen LogP contribution is -2.24. The maximum absolute atomic E-state index is 13.4. The summed E-state index contributed by atoms with van der Waals surface area (Å²) in [5.74, 6) is -0.0369. The summed E-state index contributed by atoms with van der Waals surface area (Å²) in [4.78, 5) is 12.5. The van der Waals surface area contributed by atoms with Crippen molar-refractivity contribution in [3.63, 3.8) is 0 Å². The number of rotatable bonds is 3. The number of carbonyl (C=O) groups excluding carboxylic acids is 1. The second-order valence-corrected chi connectivity index (χ2v) is 6.54. The molecule has 1 unspecified atom stereocenters. The van der Waals surface area contributed by atoms with Gasteiger partial charge < -0.3 is 0 Å². The van der Waals surface area contributed by atoms with Crippen LogP contribution < -0.4 is 0 Å². The van der Waals surface area contributed by atoms with Gasteiger partial charge in [0.1, 0.15) is 11.6 Å². The Bertz CT molecular complexity index is 660. The molecule has 2 aromatic carbocycles. The summed E-state index contributed by atoms with van der Waals surface area (Å²) in [7, 11) is 0. The molecule has 1 aliphatic rings. The molecule has 0 N–H and O–H groups in total. The maximum atomic E-state index is 13.4. The lowest BCUT2D eigenvalue weighted by Gasteiger charge is -2.23. The summed E-state index contributed by atoms with van der Waals surface area (Å²) >= 11 is 3.27. The van der Waals surface area contributed by atoms with E-state index in [2.05, 4.69) is 28.1 Å². The molecule has 0 aromatic heterocycles. The first-order valence-electron chi connectivity index (χ1n) is 7.16. The van der Waals surface area contributed by atoms with E-state index in [4.69, 9.17) is 0 Å². The Kier molecular flexibility index (Phi) is 4.20. The highest BCUT2D eigenvalue weighted by molar-refractivity contribution is 9.10. The lowest BCUT2D eigenvalue weighted by molar-refractivity contribution is -0.122. The largest absolute Gasteiger partial charge is 0.299 e. The van der Waals surface area contributed by atoms with Gasteiger partial charge in [0.15, 0.2) is 0 Å². The van der Waals surface area contributed by atoms with E-state index in [0.717, 1.165) is 24.8 Å². The summed E-state index contributed by atoms with van der Waals surface area (Å²) in [5.41, 5.74) is 3.38. The van der Waals surface area contributed by atoms with Crippen molar-refractivity contribution in [3.8, 4) is 0 Å². The van der Waals surface area contributed by atoms with Crippen molar-refractivity contribution in [1.82, 2.24) is 0 Å². The molecule has 0 heterocycles. The van der Waals surface area contributed by atoms with Gasteiger partial charge in [0.25, 0.3) is 0 Å². The Balaban J connectivity index is 1.72. The van der Waals surface area contributed by atoms with Crippen molar-refractivity contribution < 1.29 is 9.18 Å². The van der Waals surface area contributed by atoms with E-state index < -0.39 is 0 Å². The third-order valence-corrected chi connectivity index (χ3v) is 4.56. The van der Waals surface area contributed by atoms with Gasteiger partial charge in [0, 0.05) is 16.8 Å². The van der Waals surface area contributed by atoms with Crippen molar-refractivity contribution in [2.24, 2.45) is 5.92 Å². The second kappa shape index (κ2) is 6.10. The highest BCUT2D eigenvalue weighted by Crippen LogP contribution is 2.27. The molecule has 3 heteroatoms. The zero-order valence-corrected chi connectivity index (χ0v) is 13.2. The number of halogens is 2. The SMILES string of the molecule is O=C(Cc1cc(F)cc(Br)c1)C1CCc2ccccc2C1. The van der Waals surface area contributed by atoms with Crippen molar-refractivity contribution in [2.45, 2.75) is 25.7 Å². The Labute approximate surface area is 132 Å². The van der Waals surface area contributed by atoms with E-state index in [-0.39, 0.29) is 17.5 Å².